The first-order valence-corrected chi connectivity index (χ1v) is 3.85. The van der Waals surface area contributed by atoms with Crippen molar-refractivity contribution in [2.75, 3.05) is 0 Å². The van der Waals surface area contributed by atoms with Crippen LogP contribution in [0.5, 0.6) is 0 Å². The molecule has 2 rings (SSSR count). The van der Waals surface area contributed by atoms with E-state index in [2.05, 4.69) is 24.9 Å². The second kappa shape index (κ2) is 2.55. The minimum absolute atomic E-state index is 1.21. The highest BCUT2D eigenvalue weighted by Gasteiger charge is 1.96. The molecule has 0 bridgehead atoms. The molecular weight excluding hydrogens is 154 g/mol. The lowest BCUT2D eigenvalue weighted by Crippen LogP contribution is -2.17. The zero-order chi connectivity index (χ0) is 7.68. The molecule has 0 fully saturated rings. The van der Waals surface area contributed by atoms with Gasteiger partial charge in [-0.2, -0.15) is 0 Å². The maximum Gasteiger partial charge on any atom is 0.190 e. The highest BCUT2D eigenvalue weighted by atomic mass is 32.1. The van der Waals surface area contributed by atoms with E-state index in [4.69, 9.17) is 0 Å². The molecule has 0 N–H and O–H groups in total. The lowest BCUT2D eigenvalue weighted by molar-refractivity contribution is -0.487. The van der Waals surface area contributed by atoms with Crippen LogP contribution in [-0.4, -0.2) is 0 Å². The summed E-state index contributed by atoms with van der Waals surface area (Å²) < 4.78 is 1.75. The van der Waals surface area contributed by atoms with Crippen molar-refractivity contribution < 1.29 is 3.97 Å². The zero-order valence-corrected chi connectivity index (χ0v) is 6.83. The van der Waals surface area contributed by atoms with E-state index in [1.807, 2.05) is 30.6 Å². The third-order valence-corrected chi connectivity index (χ3v) is 1.92. The van der Waals surface area contributed by atoms with Crippen molar-refractivity contribution in [1.29, 1.82) is 0 Å². The smallest absolute Gasteiger partial charge is 0.136 e. The first-order chi connectivity index (χ1) is 5.36. The topological polar surface area (TPSA) is 3.88 Å². The largest absolute Gasteiger partial charge is 0.190 e. The maximum absolute atomic E-state index is 4.18. The summed E-state index contributed by atoms with van der Waals surface area (Å²) in [5.41, 5.74) is 0. The van der Waals surface area contributed by atoms with Crippen molar-refractivity contribution in [3.8, 4) is 0 Å². The minimum atomic E-state index is 1.21. The summed E-state index contributed by atoms with van der Waals surface area (Å²) >= 11 is 4.18. The molecular formula is C9H8NS+. The van der Waals surface area contributed by atoms with Crippen LogP contribution in [0.25, 0.3) is 10.8 Å². The third kappa shape index (κ3) is 1.21. The van der Waals surface area contributed by atoms with E-state index in [1.54, 1.807) is 3.97 Å². The molecule has 0 aliphatic rings. The van der Waals surface area contributed by atoms with E-state index in [1.165, 1.54) is 10.8 Å². The van der Waals surface area contributed by atoms with Gasteiger partial charge < -0.3 is 0 Å². The summed E-state index contributed by atoms with van der Waals surface area (Å²) in [6.07, 6.45) is 3.91. The molecule has 0 unspecified atom stereocenters. The number of hydrogen-bond donors (Lipinski definition) is 1. The van der Waals surface area contributed by atoms with Gasteiger partial charge in [0.2, 0.25) is 0 Å². The van der Waals surface area contributed by atoms with Crippen LogP contribution in [0.3, 0.4) is 0 Å². The summed E-state index contributed by atoms with van der Waals surface area (Å²) in [7, 11) is 0. The van der Waals surface area contributed by atoms with Crippen molar-refractivity contribution >= 4 is 23.6 Å². The van der Waals surface area contributed by atoms with Gasteiger partial charge in [0.05, 0.1) is 0 Å². The van der Waals surface area contributed by atoms with Gasteiger partial charge in [0.25, 0.3) is 0 Å². The maximum atomic E-state index is 4.18. The van der Waals surface area contributed by atoms with Gasteiger partial charge in [0, 0.05) is 11.5 Å². The van der Waals surface area contributed by atoms with E-state index >= 15 is 0 Å². The van der Waals surface area contributed by atoms with E-state index in [-0.39, 0.29) is 0 Å². The third-order valence-electron chi connectivity index (χ3n) is 1.67. The predicted octanol–water partition coefficient (Wildman–Crippen LogP) is 1.82. The average molecular weight is 162 g/mol. The van der Waals surface area contributed by atoms with Gasteiger partial charge in [-0.05, 0) is 11.5 Å². The molecule has 11 heavy (non-hydrogen) atoms. The van der Waals surface area contributed by atoms with E-state index in [0.717, 1.165) is 0 Å². The Morgan fingerprint density at radius 1 is 1.00 bits per heavy atom. The van der Waals surface area contributed by atoms with Crippen LogP contribution in [0.4, 0.5) is 0 Å². The fourth-order valence-electron chi connectivity index (χ4n) is 1.12. The van der Waals surface area contributed by atoms with Crippen LogP contribution >= 0.6 is 12.8 Å². The Bertz CT molecular complexity index is 384. The predicted molar refractivity (Wildman–Crippen MR) is 48.5 cm³/mol. The van der Waals surface area contributed by atoms with Crippen LogP contribution in [-0.2, 0) is 0 Å². The number of aromatic nitrogens is 1. The van der Waals surface area contributed by atoms with E-state index < -0.39 is 0 Å². The van der Waals surface area contributed by atoms with E-state index in [9.17, 15) is 0 Å². The summed E-state index contributed by atoms with van der Waals surface area (Å²) in [6, 6.07) is 10.3. The van der Waals surface area contributed by atoms with Crippen molar-refractivity contribution in [3.05, 3.63) is 42.7 Å². The summed E-state index contributed by atoms with van der Waals surface area (Å²) in [5, 5.41) is 2.46. The van der Waals surface area contributed by atoms with Gasteiger partial charge in [-0.25, -0.2) is 0 Å². The van der Waals surface area contributed by atoms with E-state index in [0.29, 0.717) is 0 Å². The standard InChI is InChI=1S/C9H8NS/c11-10-6-5-8-3-1-2-4-9(8)7-10/h1-7,11H/q+1. The molecule has 0 aliphatic carbocycles. The first kappa shape index (κ1) is 6.68. The summed E-state index contributed by atoms with van der Waals surface area (Å²) in [6.45, 7) is 0. The number of fused-ring (bicyclic) bond motifs is 1. The number of pyridine rings is 1. The highest BCUT2D eigenvalue weighted by molar-refractivity contribution is 7.73. The van der Waals surface area contributed by atoms with Crippen molar-refractivity contribution in [2.45, 2.75) is 0 Å². The van der Waals surface area contributed by atoms with Crippen molar-refractivity contribution in [3.63, 3.8) is 0 Å². The summed E-state index contributed by atoms with van der Waals surface area (Å²) in [4.78, 5) is 0. The summed E-state index contributed by atoms with van der Waals surface area (Å²) in [5.74, 6) is 0. The zero-order valence-electron chi connectivity index (χ0n) is 5.94. The minimum Gasteiger partial charge on any atom is -0.136 e. The number of benzene rings is 1. The van der Waals surface area contributed by atoms with Crippen LogP contribution in [0.1, 0.15) is 0 Å². The molecule has 0 aliphatic heterocycles. The Hall–Kier alpha value is -1.02. The van der Waals surface area contributed by atoms with Gasteiger partial charge in [-0.3, -0.25) is 0 Å². The second-order valence-corrected chi connectivity index (χ2v) is 2.92. The average Bonchev–Trinajstić information content (AvgIpc) is 2.04. The lowest BCUT2D eigenvalue weighted by Gasteiger charge is -1.91. The number of rotatable bonds is 0. The Balaban J connectivity index is 2.83. The Labute approximate surface area is 70.8 Å². The fraction of sp³-hybridized carbons (Fsp3) is 0. The van der Waals surface area contributed by atoms with Crippen LogP contribution in [0.2, 0.25) is 0 Å². The molecule has 1 heterocycles. The van der Waals surface area contributed by atoms with Crippen LogP contribution < -0.4 is 3.97 Å². The Kier molecular flexibility index (Phi) is 1.55. The van der Waals surface area contributed by atoms with Gasteiger partial charge in [-0.1, -0.05) is 18.2 Å². The lowest BCUT2D eigenvalue weighted by atomic mass is 10.2. The molecule has 2 heteroatoms. The van der Waals surface area contributed by atoms with Crippen molar-refractivity contribution in [1.82, 2.24) is 0 Å². The molecule has 1 aromatic heterocycles. The Morgan fingerprint density at radius 2 is 1.73 bits per heavy atom. The molecule has 2 aromatic rings. The molecule has 0 atom stereocenters. The number of hydrogen-bond acceptors (Lipinski definition) is 1. The number of thiol groups is 1. The Morgan fingerprint density at radius 3 is 2.55 bits per heavy atom. The molecule has 0 saturated heterocycles. The van der Waals surface area contributed by atoms with Gasteiger partial charge in [0.15, 0.2) is 12.4 Å². The first-order valence-electron chi connectivity index (χ1n) is 3.45. The monoisotopic (exact) mass is 162 g/mol. The van der Waals surface area contributed by atoms with Gasteiger partial charge >= 0.3 is 0 Å². The fourth-order valence-corrected chi connectivity index (χ4v) is 1.31. The molecule has 1 nitrogen and oxygen atoms in total. The normalized spacial score (nSPS) is 10.3. The molecule has 0 saturated carbocycles. The second-order valence-electron chi connectivity index (χ2n) is 2.45. The SMILES string of the molecule is S[n+]1ccc2ccccc2c1. The molecule has 0 radical (unpaired) electrons. The quantitative estimate of drug-likeness (QED) is 0.445. The highest BCUT2D eigenvalue weighted by Crippen LogP contribution is 2.09. The van der Waals surface area contributed by atoms with Crippen molar-refractivity contribution in [2.24, 2.45) is 0 Å². The number of nitrogens with zero attached hydrogens (tertiary/aromatic N) is 1. The molecule has 1 aromatic carbocycles. The van der Waals surface area contributed by atoms with Gasteiger partial charge in [0.1, 0.15) is 12.8 Å². The molecule has 0 amide bonds. The molecule has 0 spiro atoms. The van der Waals surface area contributed by atoms with Crippen LogP contribution in [0.15, 0.2) is 42.7 Å². The van der Waals surface area contributed by atoms with Crippen LogP contribution in [0, 0.1) is 0 Å². The van der Waals surface area contributed by atoms with Gasteiger partial charge in [-0.15, -0.1) is 3.97 Å². The molecule has 54 valence electrons.